The van der Waals surface area contributed by atoms with E-state index < -0.39 is 5.82 Å². The summed E-state index contributed by atoms with van der Waals surface area (Å²) in [6, 6.07) is 21.3. The molecule has 16 rings (SSSR count). The van der Waals surface area contributed by atoms with Gasteiger partial charge in [-0.05, 0) is 140 Å². The highest BCUT2D eigenvalue weighted by Crippen LogP contribution is 2.34. The number of halogens is 1. The zero-order valence-corrected chi connectivity index (χ0v) is 68.4. The van der Waals surface area contributed by atoms with Crippen LogP contribution in [0.3, 0.4) is 0 Å². The van der Waals surface area contributed by atoms with Gasteiger partial charge in [-0.1, -0.05) is 57.4 Å². The van der Waals surface area contributed by atoms with Crippen molar-refractivity contribution in [3.05, 3.63) is 192 Å². The van der Waals surface area contributed by atoms with E-state index in [-0.39, 0.29) is 77.3 Å². The first-order valence-corrected chi connectivity index (χ1v) is 40.4. The molecule has 4 aliphatic rings. The number of carbonyl (C=O) groups is 4. The highest BCUT2D eigenvalue weighted by Gasteiger charge is 2.29. The Bertz CT molecular complexity index is 5610. The zero-order valence-electron chi connectivity index (χ0n) is 68.4. The third kappa shape index (κ3) is 22.6. The van der Waals surface area contributed by atoms with Gasteiger partial charge in [-0.15, -0.1) is 0 Å². The fraction of sp³-hybridized carbons (Fsp3) is 0.361. The van der Waals surface area contributed by atoms with E-state index in [9.17, 15) is 23.6 Å². The Hall–Kier alpha value is -14.1. The van der Waals surface area contributed by atoms with Gasteiger partial charge in [0.1, 0.15) is 34.8 Å². The summed E-state index contributed by atoms with van der Waals surface area (Å²) in [6.45, 7) is 15.3. The van der Waals surface area contributed by atoms with Crippen molar-refractivity contribution >= 4 is 98.6 Å². The van der Waals surface area contributed by atoms with E-state index in [1.54, 1.807) is 79.5 Å². The molecule has 632 valence electrons. The molecule has 0 unspecified atom stereocenters. The molecule has 0 saturated heterocycles. The largest absolute Gasteiger partial charge is 0.497 e. The minimum absolute atomic E-state index is 0.0265. The number of aryl methyl sites for hydroxylation is 1. The molecule has 16 N–H and O–H groups in total. The first kappa shape index (κ1) is 85.8. The number of Topliss-reactive ketones (excluding diaryl/α,β-unsaturated/α-hetero) is 4. The van der Waals surface area contributed by atoms with Crippen LogP contribution in [0.1, 0.15) is 177 Å². The summed E-state index contributed by atoms with van der Waals surface area (Å²) in [5, 5.41) is 58.9. The van der Waals surface area contributed by atoms with Crippen LogP contribution in [0.4, 0.5) is 79.9 Å². The molecule has 12 aromatic rings. The van der Waals surface area contributed by atoms with Crippen LogP contribution in [0, 0.1) is 19.3 Å². The molecule has 8 heterocycles. The van der Waals surface area contributed by atoms with Gasteiger partial charge in [-0.25, -0.2) is 29.2 Å². The van der Waals surface area contributed by atoms with Crippen LogP contribution >= 0.6 is 0 Å². The molecule has 0 aliphatic heterocycles. The van der Waals surface area contributed by atoms with Crippen molar-refractivity contribution in [1.82, 2.24) is 99.8 Å². The maximum Gasteiger partial charge on any atom is 0.224 e. The molecular weight excluding hydrogens is 1560 g/mol. The third-order valence-electron chi connectivity index (χ3n) is 21.1. The number of methoxy groups -OCH3 is 1. The van der Waals surface area contributed by atoms with Crippen molar-refractivity contribution in [3.8, 4) is 28.5 Å². The Balaban J connectivity index is 0.000000140. The molecule has 0 radical (unpaired) electrons. The van der Waals surface area contributed by atoms with Gasteiger partial charge < -0.3 is 70.2 Å². The van der Waals surface area contributed by atoms with Crippen molar-refractivity contribution in [2.75, 3.05) is 49.6 Å². The van der Waals surface area contributed by atoms with Gasteiger partial charge in [0.05, 0.1) is 108 Å². The second-order valence-electron chi connectivity index (χ2n) is 30.1. The Morgan fingerprint density at radius 2 is 0.713 bits per heavy atom. The van der Waals surface area contributed by atoms with Crippen LogP contribution in [0.25, 0.3) is 27.6 Å². The Labute approximate surface area is 702 Å². The second kappa shape index (κ2) is 40.6. The van der Waals surface area contributed by atoms with Crippen LogP contribution < -0.4 is 70.2 Å². The predicted octanol–water partition coefficient (Wildman–Crippen LogP) is 11.7. The third-order valence-corrected chi connectivity index (χ3v) is 21.1. The highest BCUT2D eigenvalue weighted by molar-refractivity contribution is 6.01. The first-order valence-electron chi connectivity index (χ1n) is 40.4. The predicted molar refractivity (Wildman–Crippen MR) is 460 cm³/mol. The molecule has 38 nitrogen and oxygen atoms in total. The number of ketones is 4. The Morgan fingerprint density at radius 1 is 0.402 bits per heavy atom. The minimum atomic E-state index is -0.475. The van der Waals surface area contributed by atoms with Gasteiger partial charge in [-0.3, -0.25) is 19.2 Å². The van der Waals surface area contributed by atoms with Crippen LogP contribution in [0.5, 0.6) is 5.75 Å². The molecule has 8 atom stereocenters. The van der Waals surface area contributed by atoms with E-state index in [0.29, 0.717) is 109 Å². The number of nitrogens with one attached hydrogen (secondary N) is 8. The summed E-state index contributed by atoms with van der Waals surface area (Å²) in [4.78, 5) is 93.2. The summed E-state index contributed by atoms with van der Waals surface area (Å²) < 4.78 is 19.6. The number of hydrogen-bond acceptors (Lipinski definition) is 33. The molecule has 0 bridgehead atoms. The number of nitrogens with two attached hydrogens (primary N) is 4. The Kier molecular flexibility index (Phi) is 28.5. The van der Waals surface area contributed by atoms with E-state index >= 15 is 0 Å². The number of hydrogen-bond donors (Lipinski definition) is 12. The van der Waals surface area contributed by atoms with Crippen molar-refractivity contribution in [1.29, 1.82) is 0 Å². The average Bonchev–Trinajstić information content (AvgIpc) is 0.862. The lowest BCUT2D eigenvalue weighted by Gasteiger charge is -2.29. The smallest absolute Gasteiger partial charge is 0.224 e. The van der Waals surface area contributed by atoms with Gasteiger partial charge >= 0.3 is 0 Å². The average molecular weight is 1660 g/mol. The summed E-state index contributed by atoms with van der Waals surface area (Å²) in [7, 11) is 1.58. The van der Waals surface area contributed by atoms with Crippen LogP contribution in [0.15, 0.2) is 147 Å². The van der Waals surface area contributed by atoms with Gasteiger partial charge in [-0.2, -0.15) is 79.9 Å². The summed E-state index contributed by atoms with van der Waals surface area (Å²) in [6.07, 6.45) is 35.3. The number of rotatable bonds is 25. The van der Waals surface area contributed by atoms with Crippen molar-refractivity contribution in [2.24, 2.45) is 22.9 Å². The number of benzene rings is 4. The van der Waals surface area contributed by atoms with Crippen LogP contribution in [0.2, 0.25) is 0 Å². The second-order valence-corrected chi connectivity index (χ2v) is 30.1. The molecule has 0 amide bonds. The molecular formula is C83H98FN33O5. The molecule has 122 heavy (non-hydrogen) atoms. The fourth-order valence-corrected chi connectivity index (χ4v) is 14.6. The molecule has 4 aromatic carbocycles. The first-order chi connectivity index (χ1) is 59.1. The van der Waals surface area contributed by atoms with Gasteiger partial charge in [0.2, 0.25) is 23.8 Å². The van der Waals surface area contributed by atoms with Crippen molar-refractivity contribution in [3.63, 3.8) is 0 Å². The SMILES string of the molecule is CC(=O)c1cnc(N[C@@H]2CCCC[C@@H]2N)nc1Nc1cc(F)cc(-n2nccn2)c1.CC(=O)c1cnc(N[C@@H]2CCCC[C@@H]2N)nc1Nc1ccc(C)c(-n2nccn2)c1.COc1cc(Nc2nc(N[C@@H]3CCCC[C@@H]3N)ncc2C(C)=O)cc(-n2nccn2)c1.[C-]#[N+]c1cc(Nc2nc(N[C@@H]3CCCC[C@@H]3N)ncc2C(C)=O)cc(-n2nccn2)c1. The van der Waals surface area contributed by atoms with E-state index in [1.165, 1.54) is 85.2 Å². The molecule has 0 spiro atoms. The summed E-state index contributed by atoms with van der Waals surface area (Å²) >= 11 is 0. The lowest BCUT2D eigenvalue weighted by atomic mass is 9.91. The Morgan fingerprint density at radius 3 is 1.05 bits per heavy atom. The van der Waals surface area contributed by atoms with Gasteiger partial charge in [0.25, 0.3) is 0 Å². The summed E-state index contributed by atoms with van der Waals surface area (Å²) in [5.74, 6) is 2.69. The molecule has 4 saturated carbocycles. The minimum Gasteiger partial charge on any atom is -0.497 e. The number of ether oxygens (including phenoxy) is 1. The molecule has 4 fully saturated rings. The quantitative estimate of drug-likeness (QED) is 0.0187. The molecule has 4 aliphatic carbocycles. The standard InChI is InChI=1S/C21H23N9O.C21H26N8O2.C21H26N8O.C20H23FN8O/c1-13(31)17-12-24-21(28-19-6-4-3-5-18(19)22)29-20(17)27-15-9-14(23-2)10-16(11-15)30-25-7-8-26-30;1-13(30)17-12-23-21(27-19-6-4-3-5-18(19)22)28-20(17)26-14-9-15(11-16(10-14)31-2)29-24-7-8-25-29;1-13-7-8-15(11-19(13)29-24-9-10-25-29)26-20-16(14(2)30)12-23-21(28-20)27-18-6-4-3-5-17(18)22;1-12(30)16-11-23-20(27-18-5-3-2-4-17(18)22)28-19(16)26-14-8-13(21)9-15(10-14)29-24-6-7-25-29/h7-12,18-19H,3-6,22H2,1H3,(H2,24,27,28,29);7-12,18-19H,3-6,22H2,1-2H3,(H2,23,26,27,28);7-12,17-18H,3-6,22H2,1-2H3,(H2,23,26,27,28);6-11,17-18H,2-5,22H2,1H3,(H2,23,26,27,28)/t2*18-,19+;2*17-,18+/m0000/s1. The lowest BCUT2D eigenvalue weighted by Crippen LogP contribution is -2.43. The monoisotopic (exact) mass is 1660 g/mol. The van der Waals surface area contributed by atoms with E-state index in [2.05, 4.69) is 128 Å². The number of nitrogens with zero attached hydrogens (tertiary/aromatic N) is 21. The number of anilines is 12. The molecule has 8 aromatic heterocycles. The van der Waals surface area contributed by atoms with Crippen molar-refractivity contribution < 1.29 is 28.3 Å². The lowest BCUT2D eigenvalue weighted by molar-refractivity contribution is 0.100. The van der Waals surface area contributed by atoms with Crippen molar-refractivity contribution in [2.45, 2.75) is 186 Å². The highest BCUT2D eigenvalue weighted by atomic mass is 19.1. The van der Waals surface area contributed by atoms with E-state index in [0.717, 1.165) is 120 Å². The van der Waals surface area contributed by atoms with Gasteiger partial charge in [0, 0.05) is 114 Å². The number of aromatic nitrogens is 20. The normalized spacial score (nSPS) is 18.5. The molecule has 39 heteroatoms. The summed E-state index contributed by atoms with van der Waals surface area (Å²) in [5.41, 5.74) is 32.9. The maximum atomic E-state index is 14.2. The topological polar surface area (TPSA) is 508 Å². The van der Waals surface area contributed by atoms with E-state index in [1.807, 2.05) is 43.3 Å². The van der Waals surface area contributed by atoms with Gasteiger partial charge in [0.15, 0.2) is 28.8 Å². The van der Waals surface area contributed by atoms with E-state index in [4.69, 9.17) is 34.2 Å². The number of carbonyl (C=O) groups excluding carboxylic acids is 4. The van der Waals surface area contributed by atoms with Crippen LogP contribution in [-0.4, -0.2) is 178 Å². The zero-order chi connectivity index (χ0) is 85.8. The fourth-order valence-electron chi connectivity index (χ4n) is 14.6. The maximum absolute atomic E-state index is 14.2. The van der Waals surface area contributed by atoms with Crippen LogP contribution in [-0.2, 0) is 0 Å².